The van der Waals surface area contributed by atoms with E-state index in [1.807, 2.05) is 0 Å². The molecule has 4 aromatic rings. The number of benzene rings is 2. The van der Waals surface area contributed by atoms with Gasteiger partial charge in [-0.3, -0.25) is 4.57 Å². The van der Waals surface area contributed by atoms with Crippen molar-refractivity contribution in [1.82, 2.24) is 19.5 Å². The molecule has 1 saturated heterocycles. The van der Waals surface area contributed by atoms with Gasteiger partial charge < -0.3 is 14.2 Å². The van der Waals surface area contributed by atoms with Gasteiger partial charge in [-0.05, 0) is 35.9 Å². The van der Waals surface area contributed by atoms with Crippen LogP contribution in [-0.4, -0.2) is 56.4 Å². The first-order chi connectivity index (χ1) is 17.4. The summed E-state index contributed by atoms with van der Waals surface area (Å²) in [7, 11) is 0. The minimum Gasteiger partial charge on any atom is -0.459 e. The predicted molar refractivity (Wildman–Crippen MR) is 127 cm³/mol. The summed E-state index contributed by atoms with van der Waals surface area (Å²) in [5.74, 6) is -1.39. The summed E-state index contributed by atoms with van der Waals surface area (Å²) in [4.78, 5) is 37.2. The lowest BCUT2D eigenvalue weighted by Gasteiger charge is -2.19. The molecule has 0 radical (unpaired) electrons. The summed E-state index contributed by atoms with van der Waals surface area (Å²) in [6.45, 7) is -0.374. The zero-order chi connectivity index (χ0) is 25.2. The molecule has 36 heavy (non-hydrogen) atoms. The number of imidazole rings is 1. The van der Waals surface area contributed by atoms with Crippen LogP contribution in [0.1, 0.15) is 26.9 Å². The van der Waals surface area contributed by atoms with Crippen LogP contribution in [-0.2, 0) is 14.2 Å². The fourth-order valence-corrected chi connectivity index (χ4v) is 4.24. The number of alkyl halides is 1. The van der Waals surface area contributed by atoms with Crippen LogP contribution >= 0.6 is 23.2 Å². The van der Waals surface area contributed by atoms with E-state index in [-0.39, 0.29) is 33.8 Å². The molecule has 0 aliphatic carbocycles. The van der Waals surface area contributed by atoms with Crippen molar-refractivity contribution in [2.45, 2.75) is 24.6 Å². The first-order valence-electron chi connectivity index (χ1n) is 10.8. The summed E-state index contributed by atoms with van der Waals surface area (Å²) in [6, 6.07) is 16.4. The first kappa shape index (κ1) is 24.1. The maximum absolute atomic E-state index is 15.8. The van der Waals surface area contributed by atoms with Gasteiger partial charge in [0, 0.05) is 0 Å². The Hall–Kier alpha value is -3.60. The molecule has 1 aliphatic rings. The van der Waals surface area contributed by atoms with E-state index < -0.39 is 36.5 Å². The number of aromatic nitrogens is 4. The van der Waals surface area contributed by atoms with Crippen LogP contribution in [0.15, 0.2) is 67.0 Å². The molecule has 2 aromatic carbocycles. The molecule has 0 N–H and O–H groups in total. The van der Waals surface area contributed by atoms with Crippen LogP contribution in [0.4, 0.5) is 4.39 Å². The third kappa shape index (κ3) is 4.75. The third-order valence-electron chi connectivity index (χ3n) is 5.53. The van der Waals surface area contributed by atoms with E-state index in [1.165, 1.54) is 23.0 Å². The van der Waals surface area contributed by atoms with Crippen molar-refractivity contribution in [3.63, 3.8) is 0 Å². The molecule has 9 nitrogen and oxygen atoms in total. The summed E-state index contributed by atoms with van der Waals surface area (Å²) >= 11 is 12.0. The number of hydrogen-bond acceptors (Lipinski definition) is 8. The Labute approximate surface area is 213 Å². The quantitative estimate of drug-likeness (QED) is 0.204. The normalized spacial score (nSPS) is 21.4. The fraction of sp³-hybridized carbons (Fsp3) is 0.208. The minimum atomic E-state index is -1.87. The Balaban J connectivity index is 1.42. The van der Waals surface area contributed by atoms with Gasteiger partial charge in [-0.15, -0.1) is 0 Å². The van der Waals surface area contributed by atoms with Crippen LogP contribution in [0.3, 0.4) is 0 Å². The molecule has 2 unspecified atom stereocenters. The second kappa shape index (κ2) is 10.2. The molecule has 0 amide bonds. The van der Waals surface area contributed by atoms with E-state index >= 15 is 4.39 Å². The topological polar surface area (TPSA) is 105 Å². The van der Waals surface area contributed by atoms with E-state index in [0.29, 0.717) is 5.56 Å². The van der Waals surface area contributed by atoms with E-state index in [9.17, 15) is 9.59 Å². The Kier molecular flexibility index (Phi) is 6.82. The first-order valence-corrected chi connectivity index (χ1v) is 11.5. The maximum atomic E-state index is 15.8. The highest BCUT2D eigenvalue weighted by atomic mass is 35.5. The highest BCUT2D eigenvalue weighted by Crippen LogP contribution is 2.37. The number of halogens is 3. The van der Waals surface area contributed by atoms with Gasteiger partial charge in [0.1, 0.15) is 18.2 Å². The minimum absolute atomic E-state index is 0.0162. The molecule has 0 saturated carbocycles. The second-order valence-corrected chi connectivity index (χ2v) is 8.51. The van der Waals surface area contributed by atoms with Crippen molar-refractivity contribution in [3.8, 4) is 0 Å². The lowest BCUT2D eigenvalue weighted by molar-refractivity contribution is -0.0570. The number of carbonyl (C=O) groups is 2. The van der Waals surface area contributed by atoms with Gasteiger partial charge >= 0.3 is 11.9 Å². The number of nitrogens with zero attached hydrogens (tertiary/aromatic N) is 4. The molecule has 1 aliphatic heterocycles. The molecule has 0 bridgehead atoms. The largest absolute Gasteiger partial charge is 0.459 e. The van der Waals surface area contributed by atoms with Gasteiger partial charge in [0.25, 0.3) is 0 Å². The molecule has 4 atom stereocenters. The zero-order valence-electron chi connectivity index (χ0n) is 18.3. The van der Waals surface area contributed by atoms with Crippen LogP contribution < -0.4 is 0 Å². The smallest absolute Gasteiger partial charge is 0.338 e. The molecular formula is C24H17Cl2FN4O5. The van der Waals surface area contributed by atoms with Crippen molar-refractivity contribution in [2.75, 3.05) is 6.61 Å². The van der Waals surface area contributed by atoms with Gasteiger partial charge in [0.2, 0.25) is 5.28 Å². The molecule has 3 heterocycles. The van der Waals surface area contributed by atoms with Gasteiger partial charge in [-0.25, -0.2) is 23.9 Å². The standard InChI is InChI=1S/C24H17Cl2FN4O5/c25-19-17-20(30-24(26)29-19)31(12-28-17)21-16(27)18(36-23(33)14-9-5-2-6-10-14)15(35-21)11-34-22(32)13-7-3-1-4-8-13/h1-10,12,15-16,18,21H,11H2/t15-,16?,18?,21-/m1/s1. The van der Waals surface area contributed by atoms with E-state index in [0.717, 1.165) is 0 Å². The number of carbonyl (C=O) groups excluding carboxylic acids is 2. The van der Waals surface area contributed by atoms with Gasteiger partial charge in [-0.1, -0.05) is 48.0 Å². The third-order valence-corrected chi connectivity index (χ3v) is 5.97. The van der Waals surface area contributed by atoms with Crippen LogP contribution in [0.25, 0.3) is 11.2 Å². The van der Waals surface area contributed by atoms with Crippen molar-refractivity contribution < 1.29 is 28.2 Å². The Bertz CT molecular complexity index is 1410. The average molecular weight is 531 g/mol. The summed E-state index contributed by atoms with van der Waals surface area (Å²) < 4.78 is 33.8. The van der Waals surface area contributed by atoms with E-state index in [4.69, 9.17) is 37.4 Å². The van der Waals surface area contributed by atoms with Crippen LogP contribution in [0.2, 0.25) is 10.4 Å². The number of rotatable bonds is 6. The Morgan fingerprint density at radius 2 is 1.61 bits per heavy atom. The molecule has 1 fully saturated rings. The average Bonchev–Trinajstić information content (AvgIpc) is 3.44. The van der Waals surface area contributed by atoms with E-state index in [2.05, 4.69) is 15.0 Å². The number of esters is 2. The molecule has 0 spiro atoms. The van der Waals surface area contributed by atoms with Gasteiger partial charge in [0.15, 0.2) is 29.3 Å². The van der Waals surface area contributed by atoms with Crippen LogP contribution in [0.5, 0.6) is 0 Å². The predicted octanol–water partition coefficient (Wildman–Crippen LogP) is 4.45. The van der Waals surface area contributed by atoms with Gasteiger partial charge in [0.05, 0.1) is 17.5 Å². The lowest BCUT2D eigenvalue weighted by atomic mass is 10.1. The molecule has 184 valence electrons. The molecule has 2 aromatic heterocycles. The highest BCUT2D eigenvalue weighted by Gasteiger charge is 2.50. The van der Waals surface area contributed by atoms with Crippen molar-refractivity contribution in [2.24, 2.45) is 0 Å². The Morgan fingerprint density at radius 3 is 2.28 bits per heavy atom. The summed E-state index contributed by atoms with van der Waals surface area (Å²) in [6.07, 6.45) is -4.46. The van der Waals surface area contributed by atoms with Crippen LogP contribution in [0, 0.1) is 0 Å². The number of hydrogen-bond donors (Lipinski definition) is 0. The monoisotopic (exact) mass is 530 g/mol. The van der Waals surface area contributed by atoms with Crippen molar-refractivity contribution in [1.29, 1.82) is 0 Å². The lowest BCUT2D eigenvalue weighted by Crippen LogP contribution is -2.37. The summed E-state index contributed by atoms with van der Waals surface area (Å²) in [5, 5.41) is -0.180. The molecule has 12 heteroatoms. The summed E-state index contributed by atoms with van der Waals surface area (Å²) in [5.41, 5.74) is 0.854. The maximum Gasteiger partial charge on any atom is 0.338 e. The Morgan fingerprint density at radius 1 is 0.972 bits per heavy atom. The van der Waals surface area contributed by atoms with Crippen molar-refractivity contribution in [3.05, 3.63) is 88.6 Å². The zero-order valence-corrected chi connectivity index (χ0v) is 19.8. The van der Waals surface area contributed by atoms with Gasteiger partial charge in [-0.2, -0.15) is 4.98 Å². The van der Waals surface area contributed by atoms with E-state index in [1.54, 1.807) is 48.5 Å². The SMILES string of the molecule is O=C(OC[C@H]1O[C@@H](n2cnc3c(Cl)nc(Cl)nc32)C(F)C1OC(=O)c1ccccc1)c1ccccc1. The highest BCUT2D eigenvalue weighted by molar-refractivity contribution is 6.35. The number of fused-ring (bicyclic) bond motifs is 1. The van der Waals surface area contributed by atoms with Crippen molar-refractivity contribution >= 4 is 46.3 Å². The fourth-order valence-electron chi connectivity index (χ4n) is 3.82. The molecular weight excluding hydrogens is 514 g/mol. The second-order valence-electron chi connectivity index (χ2n) is 7.82. The molecule has 5 rings (SSSR count). The number of ether oxygens (including phenoxy) is 3.